The van der Waals surface area contributed by atoms with Crippen molar-refractivity contribution in [3.05, 3.63) is 0 Å². The first kappa shape index (κ1) is 12.5. The van der Waals surface area contributed by atoms with Crippen LogP contribution in [0.15, 0.2) is 0 Å². The highest BCUT2D eigenvalue weighted by Gasteiger charge is 2.31. The van der Waals surface area contributed by atoms with E-state index < -0.39 is 0 Å². The van der Waals surface area contributed by atoms with Gasteiger partial charge in [-0.1, -0.05) is 20.8 Å². The summed E-state index contributed by atoms with van der Waals surface area (Å²) in [7, 11) is 0. The Morgan fingerprint density at radius 1 is 1.33 bits per heavy atom. The van der Waals surface area contributed by atoms with Gasteiger partial charge in [0.1, 0.15) is 0 Å². The van der Waals surface area contributed by atoms with E-state index in [1.807, 2.05) is 0 Å². The fourth-order valence-electron chi connectivity index (χ4n) is 2.75. The van der Waals surface area contributed by atoms with E-state index >= 15 is 0 Å². The molecule has 3 atom stereocenters. The minimum absolute atomic E-state index is 0.271. The van der Waals surface area contributed by atoms with Crippen LogP contribution in [0.5, 0.6) is 0 Å². The van der Waals surface area contributed by atoms with E-state index in [9.17, 15) is 5.26 Å². The Kier molecular flexibility index (Phi) is 5.11. The third-order valence-corrected chi connectivity index (χ3v) is 3.63. The molecule has 1 rings (SSSR count). The highest BCUT2D eigenvalue weighted by Crippen LogP contribution is 2.31. The van der Waals surface area contributed by atoms with E-state index in [-0.39, 0.29) is 5.92 Å². The van der Waals surface area contributed by atoms with E-state index in [2.05, 4.69) is 31.7 Å². The highest BCUT2D eigenvalue weighted by molar-refractivity contribution is 4.96. The molecule has 15 heavy (non-hydrogen) atoms. The number of hydrogen-bond donors (Lipinski definition) is 0. The van der Waals surface area contributed by atoms with Gasteiger partial charge in [0.25, 0.3) is 0 Å². The van der Waals surface area contributed by atoms with Crippen LogP contribution < -0.4 is 0 Å². The predicted molar refractivity (Wildman–Crippen MR) is 63.4 cm³/mol. The highest BCUT2D eigenvalue weighted by atomic mass is 15.2. The van der Waals surface area contributed by atoms with Gasteiger partial charge in [0, 0.05) is 6.04 Å². The van der Waals surface area contributed by atoms with Crippen LogP contribution in [0, 0.1) is 23.2 Å². The largest absolute Gasteiger partial charge is 0.299 e. The smallest absolute Gasteiger partial charge is 0.0672 e. The Bertz CT molecular complexity index is 219. The monoisotopic (exact) mass is 208 g/mol. The van der Waals surface area contributed by atoms with Gasteiger partial charge in [0.2, 0.25) is 0 Å². The molecule has 2 nitrogen and oxygen atoms in total. The molecule has 1 aliphatic rings. The molecule has 0 bridgehead atoms. The summed E-state index contributed by atoms with van der Waals surface area (Å²) in [6.45, 7) is 8.98. The molecule has 0 radical (unpaired) electrons. The summed E-state index contributed by atoms with van der Waals surface area (Å²) >= 11 is 0. The molecule has 0 aromatic rings. The minimum Gasteiger partial charge on any atom is -0.299 e. The normalized spacial score (nSPS) is 31.5. The molecule has 0 N–H and O–H groups in total. The van der Waals surface area contributed by atoms with E-state index in [0.29, 0.717) is 6.04 Å². The second-order valence-corrected chi connectivity index (χ2v) is 4.85. The van der Waals surface area contributed by atoms with Crippen molar-refractivity contribution in [1.29, 1.82) is 5.26 Å². The Labute approximate surface area is 94.3 Å². The van der Waals surface area contributed by atoms with Crippen LogP contribution >= 0.6 is 0 Å². The lowest BCUT2D eigenvalue weighted by atomic mass is 9.79. The summed E-state index contributed by atoms with van der Waals surface area (Å²) in [5.74, 6) is 1.07. The molecule has 0 amide bonds. The first-order valence-corrected chi connectivity index (χ1v) is 6.36. The van der Waals surface area contributed by atoms with Crippen LogP contribution in [0.25, 0.3) is 0 Å². The van der Waals surface area contributed by atoms with Gasteiger partial charge in [-0.3, -0.25) is 4.90 Å². The van der Waals surface area contributed by atoms with Gasteiger partial charge in [-0.15, -0.1) is 0 Å². The third-order valence-electron chi connectivity index (χ3n) is 3.63. The second-order valence-electron chi connectivity index (χ2n) is 4.85. The molecule has 0 aromatic heterocycles. The summed E-state index contributed by atoms with van der Waals surface area (Å²) in [5.41, 5.74) is 0. The average molecular weight is 208 g/mol. The minimum atomic E-state index is 0.271. The molecular formula is C13H24N2. The van der Waals surface area contributed by atoms with Crippen molar-refractivity contribution in [2.45, 2.75) is 52.5 Å². The molecular weight excluding hydrogens is 184 g/mol. The van der Waals surface area contributed by atoms with Crippen LogP contribution in [0.2, 0.25) is 0 Å². The molecule has 86 valence electrons. The second kappa shape index (κ2) is 6.12. The lowest BCUT2D eigenvalue weighted by Gasteiger charge is -2.38. The maximum atomic E-state index is 9.18. The molecule has 0 aromatic carbocycles. The average Bonchev–Trinajstić information content (AvgIpc) is 2.26. The fourth-order valence-corrected chi connectivity index (χ4v) is 2.75. The van der Waals surface area contributed by atoms with Crippen LogP contribution in [-0.2, 0) is 0 Å². The Hall–Kier alpha value is -0.550. The molecule has 0 spiro atoms. The van der Waals surface area contributed by atoms with Crippen molar-refractivity contribution in [3.8, 4) is 6.07 Å². The molecule has 3 unspecified atom stereocenters. The van der Waals surface area contributed by atoms with E-state index in [4.69, 9.17) is 0 Å². The van der Waals surface area contributed by atoms with Gasteiger partial charge in [0.05, 0.1) is 12.0 Å². The lowest BCUT2D eigenvalue weighted by Crippen LogP contribution is -2.44. The Morgan fingerprint density at radius 2 is 2.07 bits per heavy atom. The number of nitriles is 1. The predicted octanol–water partition coefficient (Wildman–Crippen LogP) is 3.05. The molecule has 0 aliphatic heterocycles. The van der Waals surface area contributed by atoms with Crippen molar-refractivity contribution in [2.24, 2.45) is 11.8 Å². The van der Waals surface area contributed by atoms with Gasteiger partial charge < -0.3 is 0 Å². The summed E-state index contributed by atoms with van der Waals surface area (Å²) in [5, 5.41) is 9.18. The Morgan fingerprint density at radius 3 is 2.60 bits per heavy atom. The van der Waals surface area contributed by atoms with Gasteiger partial charge in [-0.05, 0) is 44.7 Å². The van der Waals surface area contributed by atoms with Gasteiger partial charge >= 0.3 is 0 Å². The first-order chi connectivity index (χ1) is 7.22. The topological polar surface area (TPSA) is 27.0 Å². The molecule has 1 fully saturated rings. The summed E-state index contributed by atoms with van der Waals surface area (Å²) in [6.07, 6.45) is 4.74. The first-order valence-electron chi connectivity index (χ1n) is 6.36. The molecule has 0 saturated heterocycles. The van der Waals surface area contributed by atoms with Gasteiger partial charge in [-0.25, -0.2) is 0 Å². The molecule has 0 heterocycles. The van der Waals surface area contributed by atoms with E-state index in [0.717, 1.165) is 25.4 Å². The van der Waals surface area contributed by atoms with E-state index in [1.54, 1.807) is 0 Å². The third kappa shape index (κ3) is 3.21. The van der Waals surface area contributed by atoms with Crippen molar-refractivity contribution in [3.63, 3.8) is 0 Å². The van der Waals surface area contributed by atoms with Gasteiger partial charge in [0.15, 0.2) is 0 Å². The molecule has 1 saturated carbocycles. The maximum absolute atomic E-state index is 9.18. The summed E-state index contributed by atoms with van der Waals surface area (Å²) in [4.78, 5) is 2.50. The molecule has 1 aliphatic carbocycles. The standard InChI is InChI=1S/C13H24N2/c1-4-8-15(5-2)13-9-11(3)6-7-12(13)10-14/h11-13H,4-9H2,1-3H3. The van der Waals surface area contributed by atoms with Crippen molar-refractivity contribution in [2.75, 3.05) is 13.1 Å². The number of nitrogens with zero attached hydrogens (tertiary/aromatic N) is 2. The quantitative estimate of drug-likeness (QED) is 0.710. The van der Waals surface area contributed by atoms with E-state index in [1.165, 1.54) is 19.3 Å². The summed E-state index contributed by atoms with van der Waals surface area (Å²) < 4.78 is 0. The number of rotatable bonds is 4. The fraction of sp³-hybridized carbons (Fsp3) is 0.923. The van der Waals surface area contributed by atoms with Crippen LogP contribution in [0.1, 0.15) is 46.5 Å². The Balaban J connectivity index is 2.64. The molecule has 2 heteroatoms. The van der Waals surface area contributed by atoms with Crippen molar-refractivity contribution in [1.82, 2.24) is 4.90 Å². The SMILES string of the molecule is CCCN(CC)C1CC(C)CCC1C#N. The van der Waals surface area contributed by atoms with Crippen LogP contribution in [0.4, 0.5) is 0 Å². The zero-order valence-corrected chi connectivity index (χ0v) is 10.4. The van der Waals surface area contributed by atoms with Crippen molar-refractivity contribution >= 4 is 0 Å². The summed E-state index contributed by atoms with van der Waals surface area (Å²) in [6, 6.07) is 3.02. The number of hydrogen-bond acceptors (Lipinski definition) is 2. The zero-order chi connectivity index (χ0) is 11.3. The van der Waals surface area contributed by atoms with Crippen LogP contribution in [-0.4, -0.2) is 24.0 Å². The zero-order valence-electron chi connectivity index (χ0n) is 10.4. The van der Waals surface area contributed by atoms with Crippen molar-refractivity contribution < 1.29 is 0 Å². The maximum Gasteiger partial charge on any atom is 0.0672 e. The van der Waals surface area contributed by atoms with Crippen LogP contribution in [0.3, 0.4) is 0 Å². The van der Waals surface area contributed by atoms with Gasteiger partial charge in [-0.2, -0.15) is 5.26 Å². The lowest BCUT2D eigenvalue weighted by molar-refractivity contribution is 0.111.